The molecule has 0 saturated heterocycles. The zero-order valence-electron chi connectivity index (χ0n) is 11.8. The second-order valence-electron chi connectivity index (χ2n) is 5.20. The van der Waals surface area contributed by atoms with Crippen molar-refractivity contribution in [3.05, 3.63) is 18.0 Å². The Hall–Kier alpha value is -0.870. The van der Waals surface area contributed by atoms with Crippen molar-refractivity contribution in [3.8, 4) is 0 Å². The van der Waals surface area contributed by atoms with E-state index in [0.29, 0.717) is 0 Å². The van der Waals surface area contributed by atoms with E-state index in [1.54, 1.807) is 0 Å². The Bertz CT molecular complexity index is 369. The summed E-state index contributed by atoms with van der Waals surface area (Å²) in [5, 5.41) is 7.90. The van der Waals surface area contributed by atoms with E-state index in [0.717, 1.165) is 19.4 Å². The second kappa shape index (κ2) is 5.85. The summed E-state index contributed by atoms with van der Waals surface area (Å²) >= 11 is 0. The van der Waals surface area contributed by atoms with Crippen molar-refractivity contribution in [3.63, 3.8) is 0 Å². The number of ether oxygens (including phenoxy) is 1. The van der Waals surface area contributed by atoms with E-state index in [9.17, 15) is 0 Å². The molecule has 1 fully saturated rings. The van der Waals surface area contributed by atoms with E-state index in [-0.39, 0.29) is 11.6 Å². The topological polar surface area (TPSA) is 39.1 Å². The largest absolute Gasteiger partial charge is 0.376 e. The standard InChI is InChI=1S/C14H25N3O/c1-4-15-13(12-8-11-16-17(12)2)14(18-3)9-6-5-7-10-14/h8,11,13,15H,4-7,9-10H2,1-3H3. The molecule has 1 unspecified atom stereocenters. The summed E-state index contributed by atoms with van der Waals surface area (Å²) in [6.45, 7) is 3.09. The maximum atomic E-state index is 5.97. The van der Waals surface area contributed by atoms with E-state index in [1.165, 1.54) is 25.0 Å². The number of likely N-dealkylation sites (N-methyl/N-ethyl adjacent to an activating group) is 1. The molecule has 1 N–H and O–H groups in total. The van der Waals surface area contributed by atoms with Gasteiger partial charge in [-0.1, -0.05) is 26.2 Å². The highest BCUT2D eigenvalue weighted by atomic mass is 16.5. The van der Waals surface area contributed by atoms with Gasteiger partial charge in [0.15, 0.2) is 0 Å². The third-order valence-electron chi connectivity index (χ3n) is 4.20. The van der Waals surface area contributed by atoms with Crippen molar-refractivity contribution in [1.82, 2.24) is 15.1 Å². The van der Waals surface area contributed by atoms with Crippen molar-refractivity contribution >= 4 is 0 Å². The van der Waals surface area contributed by atoms with Gasteiger partial charge in [-0.05, 0) is 25.5 Å². The number of aryl methyl sites for hydroxylation is 1. The smallest absolute Gasteiger partial charge is 0.0887 e. The van der Waals surface area contributed by atoms with E-state index in [2.05, 4.69) is 23.4 Å². The first-order chi connectivity index (χ1) is 8.73. The van der Waals surface area contributed by atoms with Gasteiger partial charge in [-0.25, -0.2) is 0 Å². The molecule has 0 bridgehead atoms. The minimum Gasteiger partial charge on any atom is -0.376 e. The maximum Gasteiger partial charge on any atom is 0.0887 e. The number of rotatable bonds is 5. The summed E-state index contributed by atoms with van der Waals surface area (Å²) in [5.41, 5.74) is 1.16. The van der Waals surface area contributed by atoms with Gasteiger partial charge < -0.3 is 10.1 Å². The molecule has 18 heavy (non-hydrogen) atoms. The Morgan fingerprint density at radius 2 is 2.17 bits per heavy atom. The lowest BCUT2D eigenvalue weighted by molar-refractivity contribution is -0.0701. The van der Waals surface area contributed by atoms with Gasteiger partial charge in [0.25, 0.3) is 0 Å². The Morgan fingerprint density at radius 3 is 2.67 bits per heavy atom. The number of hydrogen-bond donors (Lipinski definition) is 1. The van der Waals surface area contributed by atoms with Crippen LogP contribution >= 0.6 is 0 Å². The van der Waals surface area contributed by atoms with Gasteiger partial charge >= 0.3 is 0 Å². The van der Waals surface area contributed by atoms with Crippen LogP contribution in [0, 0.1) is 0 Å². The summed E-state index contributed by atoms with van der Waals surface area (Å²) in [4.78, 5) is 0. The zero-order valence-corrected chi connectivity index (χ0v) is 11.8. The van der Waals surface area contributed by atoms with Crippen LogP contribution in [0.5, 0.6) is 0 Å². The van der Waals surface area contributed by atoms with Gasteiger partial charge in [0.1, 0.15) is 0 Å². The first-order valence-corrected chi connectivity index (χ1v) is 7.00. The quantitative estimate of drug-likeness (QED) is 0.873. The fraction of sp³-hybridized carbons (Fsp3) is 0.786. The summed E-state index contributed by atoms with van der Waals surface area (Å²) < 4.78 is 7.93. The molecule has 0 aromatic carbocycles. The van der Waals surface area contributed by atoms with Gasteiger partial charge in [-0.15, -0.1) is 0 Å². The minimum atomic E-state index is -0.0674. The summed E-state index contributed by atoms with van der Waals surface area (Å²) in [5.74, 6) is 0. The molecule has 1 saturated carbocycles. The fourth-order valence-corrected chi connectivity index (χ4v) is 3.19. The first-order valence-electron chi connectivity index (χ1n) is 7.00. The highest BCUT2D eigenvalue weighted by Crippen LogP contribution is 2.40. The molecule has 4 nitrogen and oxygen atoms in total. The highest BCUT2D eigenvalue weighted by Gasteiger charge is 2.41. The number of methoxy groups -OCH3 is 1. The van der Waals surface area contributed by atoms with Crippen molar-refractivity contribution in [2.45, 2.75) is 50.7 Å². The van der Waals surface area contributed by atoms with E-state index in [1.807, 2.05) is 25.0 Å². The van der Waals surface area contributed by atoms with Crippen LogP contribution < -0.4 is 5.32 Å². The van der Waals surface area contributed by atoms with E-state index >= 15 is 0 Å². The second-order valence-corrected chi connectivity index (χ2v) is 5.20. The Labute approximate surface area is 110 Å². The summed E-state index contributed by atoms with van der Waals surface area (Å²) in [6.07, 6.45) is 7.97. The minimum absolute atomic E-state index is 0.0674. The average molecular weight is 251 g/mol. The monoisotopic (exact) mass is 251 g/mol. The zero-order chi connectivity index (χ0) is 13.0. The van der Waals surface area contributed by atoms with Gasteiger partial charge in [0.05, 0.1) is 17.3 Å². The van der Waals surface area contributed by atoms with Crippen LogP contribution in [0.25, 0.3) is 0 Å². The van der Waals surface area contributed by atoms with Crippen molar-refractivity contribution in [2.75, 3.05) is 13.7 Å². The molecule has 0 amide bonds. The Morgan fingerprint density at radius 1 is 1.44 bits per heavy atom. The molecule has 1 atom stereocenters. The average Bonchev–Trinajstić information content (AvgIpc) is 2.83. The molecule has 1 aromatic heterocycles. The molecular formula is C14H25N3O. The number of aromatic nitrogens is 2. The van der Waals surface area contributed by atoms with Gasteiger partial charge in [0, 0.05) is 20.4 Å². The predicted octanol–water partition coefficient (Wildman–Crippen LogP) is 2.42. The molecule has 102 valence electrons. The molecular weight excluding hydrogens is 226 g/mol. The van der Waals surface area contributed by atoms with Crippen molar-refractivity contribution in [1.29, 1.82) is 0 Å². The molecule has 0 radical (unpaired) electrons. The van der Waals surface area contributed by atoms with E-state index in [4.69, 9.17) is 4.74 Å². The lowest BCUT2D eigenvalue weighted by Gasteiger charge is -2.42. The maximum absolute atomic E-state index is 5.97. The van der Waals surface area contributed by atoms with Crippen LogP contribution in [0.4, 0.5) is 0 Å². The number of nitrogens with zero attached hydrogens (tertiary/aromatic N) is 2. The SMILES string of the molecule is CCNC(c1ccnn1C)C1(OC)CCCCC1. The molecule has 1 aromatic rings. The lowest BCUT2D eigenvalue weighted by Crippen LogP contribution is -2.47. The number of hydrogen-bond acceptors (Lipinski definition) is 3. The molecule has 4 heteroatoms. The molecule has 1 aliphatic carbocycles. The van der Waals surface area contributed by atoms with Gasteiger partial charge in [-0.3, -0.25) is 4.68 Å². The predicted molar refractivity (Wildman–Crippen MR) is 72.5 cm³/mol. The lowest BCUT2D eigenvalue weighted by atomic mass is 9.78. The third-order valence-corrected chi connectivity index (χ3v) is 4.20. The molecule has 2 rings (SSSR count). The fourth-order valence-electron chi connectivity index (χ4n) is 3.19. The molecule has 0 spiro atoms. The van der Waals surface area contributed by atoms with Crippen molar-refractivity contribution in [2.24, 2.45) is 7.05 Å². The van der Waals surface area contributed by atoms with E-state index < -0.39 is 0 Å². The summed E-state index contributed by atoms with van der Waals surface area (Å²) in [6, 6.07) is 2.34. The van der Waals surface area contributed by atoms with Gasteiger partial charge in [-0.2, -0.15) is 5.10 Å². The molecule has 0 aliphatic heterocycles. The van der Waals surface area contributed by atoms with Gasteiger partial charge in [0.2, 0.25) is 0 Å². The van der Waals surface area contributed by atoms with Crippen LogP contribution in [-0.2, 0) is 11.8 Å². The summed E-state index contributed by atoms with van der Waals surface area (Å²) in [7, 11) is 3.86. The van der Waals surface area contributed by atoms with Crippen LogP contribution in [0.15, 0.2) is 12.3 Å². The van der Waals surface area contributed by atoms with Crippen LogP contribution in [0.1, 0.15) is 50.8 Å². The van der Waals surface area contributed by atoms with Crippen LogP contribution in [0.2, 0.25) is 0 Å². The molecule has 1 heterocycles. The number of nitrogens with one attached hydrogen (secondary N) is 1. The van der Waals surface area contributed by atoms with Crippen molar-refractivity contribution < 1.29 is 4.74 Å². The van der Waals surface area contributed by atoms with Crippen LogP contribution in [0.3, 0.4) is 0 Å². The first kappa shape index (κ1) is 13.6. The third kappa shape index (κ3) is 2.45. The highest BCUT2D eigenvalue weighted by molar-refractivity contribution is 5.14. The Kier molecular flexibility index (Phi) is 4.40. The van der Waals surface area contributed by atoms with Crippen LogP contribution in [-0.4, -0.2) is 29.0 Å². The Balaban J connectivity index is 2.30. The normalized spacial score (nSPS) is 20.8. The molecule has 1 aliphatic rings.